The van der Waals surface area contributed by atoms with Crippen molar-refractivity contribution in [3.8, 4) is 28.5 Å². The van der Waals surface area contributed by atoms with Crippen LogP contribution in [-0.4, -0.2) is 42.9 Å². The lowest BCUT2D eigenvalue weighted by atomic mass is 10.1. The number of nitrogens with zero attached hydrogens (tertiary/aromatic N) is 3. The normalized spacial score (nSPS) is 10.6. The molecule has 0 saturated carbocycles. The molecule has 0 unspecified atom stereocenters. The first-order valence-corrected chi connectivity index (χ1v) is 9.25. The van der Waals surface area contributed by atoms with Gasteiger partial charge >= 0.3 is 0 Å². The fraction of sp³-hybridized carbons (Fsp3) is 0.182. The third kappa shape index (κ3) is 5.11. The second-order valence-corrected chi connectivity index (χ2v) is 6.06. The van der Waals surface area contributed by atoms with Crippen molar-refractivity contribution in [1.82, 2.24) is 15.4 Å². The average Bonchev–Trinajstić information content (AvgIpc) is 2.79. The third-order valence-electron chi connectivity index (χ3n) is 4.12. The van der Waals surface area contributed by atoms with Crippen molar-refractivity contribution in [2.75, 3.05) is 20.8 Å². The number of hydrogen-bond donors (Lipinski definition) is 1. The minimum absolute atomic E-state index is 0.158. The van der Waals surface area contributed by atoms with E-state index in [1.807, 2.05) is 31.2 Å². The lowest BCUT2D eigenvalue weighted by Gasteiger charge is -2.07. The van der Waals surface area contributed by atoms with E-state index in [9.17, 15) is 4.79 Å². The number of rotatable bonds is 8. The Morgan fingerprint density at radius 3 is 2.53 bits per heavy atom. The number of methoxy groups -OCH3 is 2. The van der Waals surface area contributed by atoms with Crippen LogP contribution in [0.2, 0.25) is 0 Å². The van der Waals surface area contributed by atoms with E-state index in [4.69, 9.17) is 14.2 Å². The molecule has 1 aromatic heterocycles. The molecule has 8 heteroatoms. The smallest absolute Gasteiger partial charge is 0.291 e. The Labute approximate surface area is 174 Å². The van der Waals surface area contributed by atoms with E-state index in [0.717, 1.165) is 16.9 Å². The van der Waals surface area contributed by atoms with Gasteiger partial charge in [0, 0.05) is 5.56 Å². The van der Waals surface area contributed by atoms with Crippen LogP contribution in [0.1, 0.15) is 23.0 Å². The fourth-order valence-corrected chi connectivity index (χ4v) is 2.66. The van der Waals surface area contributed by atoms with E-state index in [1.54, 1.807) is 38.6 Å². The molecule has 154 valence electrons. The summed E-state index contributed by atoms with van der Waals surface area (Å²) in [6.45, 7) is 2.52. The Bertz CT molecular complexity index is 1040. The topological polar surface area (TPSA) is 94.9 Å². The van der Waals surface area contributed by atoms with Gasteiger partial charge in [-0.2, -0.15) is 5.10 Å². The van der Waals surface area contributed by atoms with Gasteiger partial charge in [-0.05, 0) is 55.0 Å². The first-order chi connectivity index (χ1) is 14.6. The number of carbonyl (C=O) groups is 1. The van der Waals surface area contributed by atoms with Crippen molar-refractivity contribution >= 4 is 12.1 Å². The molecule has 0 fully saturated rings. The molecular weight excluding hydrogens is 384 g/mol. The summed E-state index contributed by atoms with van der Waals surface area (Å²) in [4.78, 5) is 20.9. The highest BCUT2D eigenvalue weighted by atomic mass is 16.5. The Balaban J connectivity index is 1.69. The van der Waals surface area contributed by atoms with Crippen molar-refractivity contribution in [1.29, 1.82) is 0 Å². The highest BCUT2D eigenvalue weighted by molar-refractivity contribution is 5.93. The molecule has 3 rings (SSSR count). The predicted octanol–water partition coefficient (Wildman–Crippen LogP) is 3.32. The number of benzene rings is 2. The van der Waals surface area contributed by atoms with Crippen LogP contribution in [0.5, 0.6) is 17.2 Å². The summed E-state index contributed by atoms with van der Waals surface area (Å²) < 4.78 is 15.9. The zero-order chi connectivity index (χ0) is 21.3. The number of amides is 1. The minimum atomic E-state index is -0.466. The zero-order valence-corrected chi connectivity index (χ0v) is 17.0. The van der Waals surface area contributed by atoms with E-state index < -0.39 is 5.91 Å². The van der Waals surface area contributed by atoms with Crippen molar-refractivity contribution in [2.45, 2.75) is 6.92 Å². The number of hydrazone groups is 1. The molecule has 0 aliphatic rings. The monoisotopic (exact) mass is 406 g/mol. The molecule has 0 spiro atoms. The summed E-state index contributed by atoms with van der Waals surface area (Å²) in [5, 5.41) is 3.98. The van der Waals surface area contributed by atoms with E-state index >= 15 is 0 Å². The maximum absolute atomic E-state index is 12.4. The van der Waals surface area contributed by atoms with E-state index in [-0.39, 0.29) is 5.69 Å². The molecule has 0 radical (unpaired) electrons. The quantitative estimate of drug-likeness (QED) is 0.455. The van der Waals surface area contributed by atoms with Gasteiger partial charge in [-0.1, -0.05) is 0 Å². The summed E-state index contributed by atoms with van der Waals surface area (Å²) in [5.74, 6) is 1.49. The number of hydrogen-bond acceptors (Lipinski definition) is 7. The summed E-state index contributed by atoms with van der Waals surface area (Å²) in [5.41, 5.74) is 4.76. The van der Waals surface area contributed by atoms with Gasteiger partial charge in [0.1, 0.15) is 11.4 Å². The van der Waals surface area contributed by atoms with Crippen LogP contribution in [0.4, 0.5) is 0 Å². The molecule has 8 nitrogen and oxygen atoms in total. The first kappa shape index (κ1) is 20.8. The van der Waals surface area contributed by atoms with E-state index in [1.165, 1.54) is 12.4 Å². The molecule has 30 heavy (non-hydrogen) atoms. The summed E-state index contributed by atoms with van der Waals surface area (Å²) in [6, 6.07) is 12.7. The molecule has 1 heterocycles. The fourth-order valence-electron chi connectivity index (χ4n) is 2.66. The van der Waals surface area contributed by atoms with Gasteiger partial charge in [0.05, 0.1) is 45.1 Å². The number of ether oxygens (including phenoxy) is 3. The Hall–Kier alpha value is -3.94. The van der Waals surface area contributed by atoms with Crippen LogP contribution < -0.4 is 19.6 Å². The van der Waals surface area contributed by atoms with Gasteiger partial charge in [-0.15, -0.1) is 0 Å². The molecule has 0 atom stereocenters. The van der Waals surface area contributed by atoms with Crippen molar-refractivity contribution in [2.24, 2.45) is 5.10 Å². The van der Waals surface area contributed by atoms with Crippen molar-refractivity contribution < 1.29 is 19.0 Å². The second-order valence-electron chi connectivity index (χ2n) is 6.06. The molecule has 0 aliphatic carbocycles. The Morgan fingerprint density at radius 1 is 1.07 bits per heavy atom. The average molecular weight is 406 g/mol. The molecule has 3 aromatic rings. The largest absolute Gasteiger partial charge is 0.494 e. The standard InChI is InChI=1S/C22H22N4O4/c1-4-30-17-8-6-16(7-9-17)18-13-23-14-19(25-18)22(27)26-24-12-15-5-10-20(28-2)21(11-15)29-3/h5-14H,4H2,1-3H3,(H,26,27)/b24-12+. The van der Waals surface area contributed by atoms with Crippen molar-refractivity contribution in [3.05, 3.63) is 66.1 Å². The highest BCUT2D eigenvalue weighted by Crippen LogP contribution is 2.26. The zero-order valence-electron chi connectivity index (χ0n) is 17.0. The van der Waals surface area contributed by atoms with Gasteiger partial charge in [-0.25, -0.2) is 10.4 Å². The lowest BCUT2D eigenvalue weighted by molar-refractivity contribution is 0.0950. The van der Waals surface area contributed by atoms with E-state index in [2.05, 4.69) is 20.5 Å². The second kappa shape index (κ2) is 10.0. The molecule has 2 aromatic carbocycles. The van der Waals surface area contributed by atoms with Gasteiger partial charge in [-0.3, -0.25) is 9.78 Å². The molecule has 0 bridgehead atoms. The van der Waals surface area contributed by atoms with Gasteiger partial charge in [0.2, 0.25) is 0 Å². The van der Waals surface area contributed by atoms with Crippen LogP contribution >= 0.6 is 0 Å². The summed E-state index contributed by atoms with van der Waals surface area (Å²) in [6.07, 6.45) is 4.49. The number of aromatic nitrogens is 2. The minimum Gasteiger partial charge on any atom is -0.494 e. The number of nitrogens with one attached hydrogen (secondary N) is 1. The maximum atomic E-state index is 12.4. The summed E-state index contributed by atoms with van der Waals surface area (Å²) in [7, 11) is 3.12. The van der Waals surface area contributed by atoms with Crippen LogP contribution in [0, 0.1) is 0 Å². The van der Waals surface area contributed by atoms with Crippen LogP contribution in [0.3, 0.4) is 0 Å². The third-order valence-corrected chi connectivity index (χ3v) is 4.12. The predicted molar refractivity (Wildman–Crippen MR) is 113 cm³/mol. The van der Waals surface area contributed by atoms with Crippen LogP contribution in [0.25, 0.3) is 11.3 Å². The Kier molecular flexibility index (Phi) is 6.94. The maximum Gasteiger partial charge on any atom is 0.291 e. The van der Waals surface area contributed by atoms with Crippen LogP contribution in [-0.2, 0) is 0 Å². The summed E-state index contributed by atoms with van der Waals surface area (Å²) >= 11 is 0. The first-order valence-electron chi connectivity index (χ1n) is 9.25. The van der Waals surface area contributed by atoms with E-state index in [0.29, 0.717) is 23.8 Å². The Morgan fingerprint density at radius 2 is 1.83 bits per heavy atom. The van der Waals surface area contributed by atoms with Gasteiger partial charge < -0.3 is 14.2 Å². The lowest BCUT2D eigenvalue weighted by Crippen LogP contribution is -2.19. The molecule has 1 amide bonds. The molecular formula is C22H22N4O4. The van der Waals surface area contributed by atoms with Gasteiger partial charge in [0.25, 0.3) is 5.91 Å². The van der Waals surface area contributed by atoms with Crippen LogP contribution in [0.15, 0.2) is 60.0 Å². The van der Waals surface area contributed by atoms with Crippen molar-refractivity contribution in [3.63, 3.8) is 0 Å². The molecule has 0 aliphatic heterocycles. The molecule has 0 saturated heterocycles. The SMILES string of the molecule is CCOc1ccc(-c2cncc(C(=O)N/N=C/c3ccc(OC)c(OC)c3)n2)cc1. The highest BCUT2D eigenvalue weighted by Gasteiger charge is 2.10. The number of carbonyl (C=O) groups excluding carboxylic acids is 1. The molecule has 1 N–H and O–H groups in total. The van der Waals surface area contributed by atoms with Gasteiger partial charge in [0.15, 0.2) is 11.5 Å².